The lowest BCUT2D eigenvalue weighted by Crippen LogP contribution is -2.44. The van der Waals surface area contributed by atoms with Crippen LogP contribution in [0.25, 0.3) is 0 Å². The van der Waals surface area contributed by atoms with Crippen LogP contribution in [-0.2, 0) is 31.1 Å². The third-order valence-electron chi connectivity index (χ3n) is 12.7. The minimum absolute atomic E-state index is 0.0165. The van der Waals surface area contributed by atoms with Crippen molar-refractivity contribution < 1.29 is 24.3 Å². The Hall–Kier alpha value is -4.41. The zero-order chi connectivity index (χ0) is 44.1. The maximum absolute atomic E-state index is 13.6. The molecule has 3 aliphatic heterocycles. The lowest BCUT2D eigenvalue weighted by molar-refractivity contribution is -0.121. The number of carbonyl (C=O) groups is 4. The van der Waals surface area contributed by atoms with E-state index in [1.165, 1.54) is 16.0 Å². The molecule has 2 atom stereocenters. The SMILES string of the molecule is CNC.CNc1ccc(C2CCN(Cc3cccc(SN4CCC(Nc5ncc6c(n5)N(C5CCC[C@@H](O)C5)C(=O)C65CC5)CC4)c3)CC2)cc1N(C)C=O.O=CCCCC=O. The largest absolute Gasteiger partial charge is 0.393 e. The van der Waals surface area contributed by atoms with Gasteiger partial charge in [-0.2, -0.15) is 4.98 Å². The fourth-order valence-corrected chi connectivity index (χ4v) is 10.2. The molecule has 1 spiro atoms. The average Bonchev–Trinajstić information content (AvgIpc) is 4.06. The minimum atomic E-state index is -0.423. The molecule has 336 valence electrons. The normalized spacial score (nSPS) is 21.2. The first-order valence-corrected chi connectivity index (χ1v) is 23.3. The Balaban J connectivity index is 0.000000578. The van der Waals surface area contributed by atoms with Gasteiger partial charge in [0.1, 0.15) is 18.4 Å². The first-order chi connectivity index (χ1) is 30.2. The van der Waals surface area contributed by atoms with Gasteiger partial charge in [-0.3, -0.25) is 19.4 Å². The quantitative estimate of drug-likeness (QED) is 0.0783. The smallest absolute Gasteiger partial charge is 0.239 e. The number of hydrogen-bond donors (Lipinski definition) is 4. The fraction of sp³-hybridized carbons (Fsp3) is 0.574. The van der Waals surface area contributed by atoms with Crippen molar-refractivity contribution in [1.29, 1.82) is 0 Å². The monoisotopic (exact) mass is 869 g/mol. The molecule has 2 aromatic carbocycles. The summed E-state index contributed by atoms with van der Waals surface area (Å²) in [6.07, 6.45) is 15.0. The molecule has 14 nitrogen and oxygen atoms in total. The maximum atomic E-state index is 13.6. The number of aliphatic hydroxyl groups excluding tert-OH is 1. The van der Waals surface area contributed by atoms with Gasteiger partial charge in [-0.25, -0.2) is 9.29 Å². The molecule has 4 heterocycles. The number of aliphatic hydroxyl groups is 1. The van der Waals surface area contributed by atoms with Gasteiger partial charge in [0.05, 0.1) is 22.9 Å². The summed E-state index contributed by atoms with van der Waals surface area (Å²) in [5.41, 5.74) is 5.11. The zero-order valence-corrected chi connectivity index (χ0v) is 37.9. The highest BCUT2D eigenvalue weighted by atomic mass is 32.2. The van der Waals surface area contributed by atoms with Crippen LogP contribution in [0.3, 0.4) is 0 Å². The standard InChI is InChI=1S/C40H52N8O3S.C5H8O2.C2H7N/c1-41-35-10-9-29(22-36(35)45(2)26-49)28-11-17-46(18-12-28)25-27-5-3-8-33(21-27)52-47-19-13-30(14-20-47)43-39-42-24-34-37(44-39)48(38(51)40(34)15-16-40)31-6-4-7-32(50)23-31;6-4-2-1-3-5-7;1-3-2/h3,5,8-10,21-22,24,26,28,30-32,41,50H,4,6-7,11-20,23,25H2,1-2H3,(H,42,43,44);4-5H,1-3H2;3H,1-2H3/t31?,32-;;/m1../s1. The molecule has 2 amide bonds. The molecule has 2 aliphatic carbocycles. The number of piperidine rings is 2. The lowest BCUT2D eigenvalue weighted by atomic mass is 9.88. The summed E-state index contributed by atoms with van der Waals surface area (Å²) in [5.74, 6) is 2.04. The lowest BCUT2D eigenvalue weighted by Gasteiger charge is -2.34. The highest BCUT2D eigenvalue weighted by molar-refractivity contribution is 7.97. The van der Waals surface area contributed by atoms with Crippen LogP contribution in [0.5, 0.6) is 0 Å². The summed E-state index contributed by atoms with van der Waals surface area (Å²) in [7, 11) is 7.45. The minimum Gasteiger partial charge on any atom is -0.393 e. The molecule has 1 aromatic heterocycles. The van der Waals surface area contributed by atoms with Gasteiger partial charge in [-0.1, -0.05) is 18.2 Å². The van der Waals surface area contributed by atoms with E-state index in [0.29, 0.717) is 37.5 Å². The number of anilines is 4. The van der Waals surface area contributed by atoms with Gasteiger partial charge in [-0.15, -0.1) is 0 Å². The van der Waals surface area contributed by atoms with E-state index in [2.05, 4.69) is 67.6 Å². The molecule has 0 bridgehead atoms. The number of aromatic nitrogens is 2. The number of amides is 2. The zero-order valence-electron chi connectivity index (χ0n) is 37.1. The third-order valence-corrected chi connectivity index (χ3v) is 13.8. The molecule has 5 aliphatic rings. The fourth-order valence-electron chi connectivity index (χ4n) is 9.18. The predicted octanol–water partition coefficient (Wildman–Crippen LogP) is 6.15. The number of hydrogen-bond acceptors (Lipinski definition) is 13. The van der Waals surface area contributed by atoms with Crippen molar-refractivity contribution in [3.63, 3.8) is 0 Å². The van der Waals surface area contributed by atoms with Gasteiger partial charge in [0.25, 0.3) is 0 Å². The summed E-state index contributed by atoms with van der Waals surface area (Å²) < 4.78 is 2.47. The molecule has 3 aromatic rings. The summed E-state index contributed by atoms with van der Waals surface area (Å²) in [4.78, 5) is 61.3. The second kappa shape index (κ2) is 22.8. The Kier molecular flexibility index (Phi) is 17.3. The van der Waals surface area contributed by atoms with E-state index in [-0.39, 0.29) is 24.1 Å². The molecule has 62 heavy (non-hydrogen) atoms. The highest BCUT2D eigenvalue weighted by Gasteiger charge is 2.61. The van der Waals surface area contributed by atoms with Crippen LogP contribution in [0.15, 0.2) is 53.6 Å². The topological polar surface area (TPSA) is 163 Å². The molecule has 2 saturated heterocycles. The molecule has 0 radical (unpaired) electrons. The summed E-state index contributed by atoms with van der Waals surface area (Å²) in [6, 6.07) is 15.8. The molecule has 4 N–H and O–H groups in total. The molecule has 8 rings (SSSR count). The Morgan fingerprint density at radius 3 is 2.31 bits per heavy atom. The van der Waals surface area contributed by atoms with Gasteiger partial charge in [0.15, 0.2) is 0 Å². The number of aldehydes is 2. The number of carbonyl (C=O) groups excluding carboxylic acids is 4. The van der Waals surface area contributed by atoms with Crippen LogP contribution >= 0.6 is 11.9 Å². The van der Waals surface area contributed by atoms with E-state index in [1.807, 2.05) is 44.2 Å². The van der Waals surface area contributed by atoms with Crippen molar-refractivity contribution in [2.45, 2.75) is 124 Å². The predicted molar refractivity (Wildman–Crippen MR) is 248 cm³/mol. The first kappa shape index (κ1) is 47.1. The number of fused-ring (bicyclic) bond motifs is 2. The van der Waals surface area contributed by atoms with Gasteiger partial charge in [0.2, 0.25) is 18.3 Å². The molecule has 4 fully saturated rings. The highest BCUT2D eigenvalue weighted by Crippen LogP contribution is 2.57. The number of likely N-dealkylation sites (tertiary alicyclic amines) is 1. The molecular formula is C47H67N9O5S. The number of nitrogens with zero attached hydrogens (tertiary/aromatic N) is 6. The van der Waals surface area contributed by atoms with E-state index in [4.69, 9.17) is 9.97 Å². The molecule has 1 unspecified atom stereocenters. The number of unbranched alkanes of at least 4 members (excludes halogenated alkanes) is 2. The number of rotatable bonds is 15. The van der Waals surface area contributed by atoms with Crippen molar-refractivity contribution in [3.05, 3.63) is 65.4 Å². The Labute approximate surface area is 372 Å². The number of benzene rings is 2. The Morgan fingerprint density at radius 1 is 0.935 bits per heavy atom. The van der Waals surface area contributed by atoms with E-state index in [9.17, 15) is 24.3 Å². The summed E-state index contributed by atoms with van der Waals surface area (Å²) >= 11 is 1.85. The van der Waals surface area contributed by atoms with Crippen molar-refractivity contribution in [2.75, 3.05) is 74.8 Å². The van der Waals surface area contributed by atoms with E-state index >= 15 is 0 Å². The van der Waals surface area contributed by atoms with Crippen LogP contribution < -0.4 is 25.8 Å². The van der Waals surface area contributed by atoms with Crippen LogP contribution in [0.1, 0.15) is 106 Å². The van der Waals surface area contributed by atoms with Gasteiger partial charge < -0.3 is 35.5 Å². The van der Waals surface area contributed by atoms with Gasteiger partial charge >= 0.3 is 0 Å². The van der Waals surface area contributed by atoms with Crippen LogP contribution in [-0.4, -0.2) is 122 Å². The molecular weight excluding hydrogens is 803 g/mol. The van der Waals surface area contributed by atoms with Crippen molar-refractivity contribution in [1.82, 2.24) is 24.5 Å². The first-order valence-electron chi connectivity index (χ1n) is 22.5. The molecule has 2 saturated carbocycles. The summed E-state index contributed by atoms with van der Waals surface area (Å²) in [5, 5.41) is 19.9. The van der Waals surface area contributed by atoms with Crippen molar-refractivity contribution in [2.24, 2.45) is 0 Å². The Morgan fingerprint density at radius 2 is 1.66 bits per heavy atom. The average molecular weight is 870 g/mol. The van der Waals surface area contributed by atoms with Gasteiger partial charge in [0, 0.05) is 75.3 Å². The van der Waals surface area contributed by atoms with E-state index < -0.39 is 5.41 Å². The van der Waals surface area contributed by atoms with Crippen molar-refractivity contribution in [3.8, 4) is 0 Å². The second-order valence-corrected chi connectivity index (χ2v) is 18.5. The number of nitrogens with one attached hydrogen (secondary N) is 3. The Bertz CT molecular complexity index is 1940. The van der Waals surface area contributed by atoms with E-state index in [1.54, 1.807) is 11.9 Å². The van der Waals surface area contributed by atoms with E-state index in [0.717, 1.165) is 132 Å². The van der Waals surface area contributed by atoms with Gasteiger partial charge in [-0.05, 0) is 151 Å². The van der Waals surface area contributed by atoms with Crippen LogP contribution in [0.4, 0.5) is 23.1 Å². The van der Waals surface area contributed by atoms with Crippen LogP contribution in [0, 0.1) is 0 Å². The second-order valence-electron chi connectivity index (χ2n) is 17.3. The van der Waals surface area contributed by atoms with Crippen molar-refractivity contribution >= 4 is 60.0 Å². The molecule has 15 heteroatoms. The summed E-state index contributed by atoms with van der Waals surface area (Å²) in [6.45, 7) is 5.01. The third kappa shape index (κ3) is 11.8. The maximum Gasteiger partial charge on any atom is 0.239 e. The van der Waals surface area contributed by atoms with Crippen LogP contribution in [0.2, 0.25) is 0 Å².